The molecule has 1 fully saturated rings. The Labute approximate surface area is 105 Å². The summed E-state index contributed by atoms with van der Waals surface area (Å²) < 4.78 is 2.81. The van der Waals surface area contributed by atoms with E-state index in [1.807, 2.05) is 11.7 Å². The molecule has 2 atom stereocenters. The Morgan fingerprint density at radius 2 is 2.25 bits per heavy atom. The highest BCUT2D eigenvalue weighted by Gasteiger charge is 2.35. The van der Waals surface area contributed by atoms with E-state index in [9.17, 15) is 0 Å². The molecule has 0 radical (unpaired) electrons. The minimum Gasteiger partial charge on any atom is -0.314 e. The molecule has 90 valence electrons. The zero-order chi connectivity index (χ0) is 11.7. The summed E-state index contributed by atoms with van der Waals surface area (Å²) in [6, 6.07) is 0.564. The van der Waals surface area contributed by atoms with Crippen LogP contribution < -0.4 is 5.32 Å². The van der Waals surface area contributed by atoms with Gasteiger partial charge in [-0.1, -0.05) is 19.1 Å². The molecule has 0 bridgehead atoms. The lowest BCUT2D eigenvalue weighted by molar-refractivity contribution is 0.230. The Morgan fingerprint density at radius 1 is 1.50 bits per heavy atom. The molecular weight excluding hydrogens is 268 g/mol. The molecule has 0 aromatic carbocycles. The largest absolute Gasteiger partial charge is 0.314 e. The highest BCUT2D eigenvalue weighted by molar-refractivity contribution is 9.10. The average Bonchev–Trinajstić information content (AvgIpc) is 2.48. The van der Waals surface area contributed by atoms with Crippen molar-refractivity contribution in [2.24, 2.45) is 13.0 Å². The maximum absolute atomic E-state index is 4.06. The minimum atomic E-state index is 0.564. The molecule has 1 heterocycles. The molecule has 4 nitrogen and oxygen atoms in total. The monoisotopic (exact) mass is 286 g/mol. The molecule has 2 rings (SSSR count). The van der Waals surface area contributed by atoms with Crippen LogP contribution in [0.1, 0.15) is 38.3 Å². The van der Waals surface area contributed by atoms with Gasteiger partial charge in [0.1, 0.15) is 0 Å². The van der Waals surface area contributed by atoms with Gasteiger partial charge in [0, 0.05) is 19.0 Å². The highest BCUT2D eigenvalue weighted by Crippen LogP contribution is 2.43. The van der Waals surface area contributed by atoms with Crippen LogP contribution in [0.2, 0.25) is 0 Å². The van der Waals surface area contributed by atoms with Crippen molar-refractivity contribution in [2.75, 3.05) is 6.54 Å². The number of nitrogens with zero attached hydrogens (tertiary/aromatic N) is 3. The summed E-state index contributed by atoms with van der Waals surface area (Å²) in [7, 11) is 1.97. The molecule has 1 aromatic rings. The van der Waals surface area contributed by atoms with Crippen LogP contribution in [0.5, 0.6) is 0 Å². The highest BCUT2D eigenvalue weighted by atomic mass is 79.9. The van der Waals surface area contributed by atoms with Gasteiger partial charge in [0.05, 0.1) is 5.69 Å². The molecule has 0 aliphatic heterocycles. The molecule has 5 heteroatoms. The molecule has 0 spiro atoms. The van der Waals surface area contributed by atoms with Gasteiger partial charge in [-0.15, -0.1) is 5.10 Å². The second kappa shape index (κ2) is 4.84. The van der Waals surface area contributed by atoms with Gasteiger partial charge < -0.3 is 5.32 Å². The summed E-state index contributed by atoms with van der Waals surface area (Å²) in [5, 5.41) is 11.6. The quantitative estimate of drug-likeness (QED) is 0.922. The van der Waals surface area contributed by atoms with E-state index < -0.39 is 0 Å². The van der Waals surface area contributed by atoms with Gasteiger partial charge in [0.25, 0.3) is 0 Å². The van der Waals surface area contributed by atoms with Gasteiger partial charge in [-0.05, 0) is 41.2 Å². The summed E-state index contributed by atoms with van der Waals surface area (Å²) >= 11 is 3.49. The number of rotatable bonds is 4. The molecule has 16 heavy (non-hydrogen) atoms. The number of hydrogen-bond donors (Lipinski definition) is 1. The minimum absolute atomic E-state index is 0.564. The summed E-state index contributed by atoms with van der Waals surface area (Å²) in [5.41, 5.74) is 1.25. The number of nitrogens with one attached hydrogen (secondary N) is 1. The Kier molecular flexibility index (Phi) is 3.64. The summed E-state index contributed by atoms with van der Waals surface area (Å²) in [6.07, 6.45) is 2.56. The molecular formula is C11H19BrN4. The Bertz CT molecular complexity index is 341. The molecule has 1 aromatic heterocycles. The summed E-state index contributed by atoms with van der Waals surface area (Å²) in [5.74, 6) is 1.34. The predicted octanol–water partition coefficient (Wildman–Crippen LogP) is 2.07. The maximum atomic E-state index is 4.06. The van der Waals surface area contributed by atoms with Crippen LogP contribution in [0.3, 0.4) is 0 Å². The van der Waals surface area contributed by atoms with E-state index in [0.29, 0.717) is 12.0 Å². The van der Waals surface area contributed by atoms with Crippen molar-refractivity contribution >= 4 is 15.9 Å². The molecule has 1 N–H and O–H groups in total. The fourth-order valence-electron chi connectivity index (χ4n) is 2.29. The Morgan fingerprint density at radius 3 is 2.69 bits per heavy atom. The number of halogens is 1. The van der Waals surface area contributed by atoms with E-state index in [-0.39, 0.29) is 0 Å². The van der Waals surface area contributed by atoms with E-state index >= 15 is 0 Å². The summed E-state index contributed by atoms with van der Waals surface area (Å²) in [4.78, 5) is 0. The second-order valence-electron chi connectivity index (χ2n) is 4.90. The maximum Gasteiger partial charge on any atom is 0.151 e. The Hall–Kier alpha value is -0.420. The van der Waals surface area contributed by atoms with Crippen molar-refractivity contribution in [2.45, 2.75) is 38.6 Å². The van der Waals surface area contributed by atoms with Crippen LogP contribution in [0.15, 0.2) is 4.60 Å². The fraction of sp³-hybridized carbons (Fsp3) is 0.818. The number of hydrogen-bond acceptors (Lipinski definition) is 3. The van der Waals surface area contributed by atoms with Gasteiger partial charge in [-0.25, -0.2) is 0 Å². The van der Waals surface area contributed by atoms with Crippen LogP contribution >= 0.6 is 15.9 Å². The van der Waals surface area contributed by atoms with E-state index in [1.54, 1.807) is 0 Å². The first kappa shape index (κ1) is 12.0. The van der Waals surface area contributed by atoms with Crippen LogP contribution in [0.4, 0.5) is 0 Å². The first-order valence-corrected chi connectivity index (χ1v) is 6.67. The standard InChI is InChI=1S/C11H19BrN4/c1-7(2)13-6-8-4-5-9(8)10-11(12)14-15-16(10)3/h7-9,13H,4-6H2,1-3H3. The van der Waals surface area contributed by atoms with E-state index in [2.05, 4.69) is 45.4 Å². The van der Waals surface area contributed by atoms with E-state index in [0.717, 1.165) is 17.1 Å². The third kappa shape index (κ3) is 2.30. The third-order valence-corrected chi connectivity index (χ3v) is 3.95. The van der Waals surface area contributed by atoms with E-state index in [4.69, 9.17) is 0 Å². The lowest BCUT2D eigenvalue weighted by atomic mass is 9.72. The van der Waals surface area contributed by atoms with Crippen molar-refractivity contribution in [3.8, 4) is 0 Å². The smallest absolute Gasteiger partial charge is 0.151 e. The van der Waals surface area contributed by atoms with E-state index in [1.165, 1.54) is 18.5 Å². The van der Waals surface area contributed by atoms with Crippen LogP contribution in [0, 0.1) is 5.92 Å². The van der Waals surface area contributed by atoms with Crippen molar-refractivity contribution in [3.05, 3.63) is 10.3 Å². The van der Waals surface area contributed by atoms with Gasteiger partial charge in [-0.2, -0.15) is 0 Å². The zero-order valence-corrected chi connectivity index (χ0v) is 11.7. The molecule has 1 saturated carbocycles. The zero-order valence-electron chi connectivity index (χ0n) is 10.1. The molecule has 1 aliphatic carbocycles. The first-order chi connectivity index (χ1) is 7.59. The SMILES string of the molecule is CC(C)NCC1CCC1c1c(Br)nnn1C. The second-order valence-corrected chi connectivity index (χ2v) is 5.65. The van der Waals surface area contributed by atoms with Crippen molar-refractivity contribution in [3.63, 3.8) is 0 Å². The normalized spacial score (nSPS) is 24.8. The fourth-order valence-corrected chi connectivity index (χ4v) is 2.91. The average molecular weight is 287 g/mol. The van der Waals surface area contributed by atoms with Crippen LogP contribution in [-0.4, -0.2) is 27.6 Å². The topological polar surface area (TPSA) is 42.7 Å². The van der Waals surface area contributed by atoms with Gasteiger partial charge in [0.15, 0.2) is 4.60 Å². The third-order valence-electron chi connectivity index (χ3n) is 3.38. The van der Waals surface area contributed by atoms with Crippen molar-refractivity contribution < 1.29 is 0 Å². The lowest BCUT2D eigenvalue weighted by Crippen LogP contribution is -2.37. The molecule has 1 aliphatic rings. The predicted molar refractivity (Wildman–Crippen MR) is 67.3 cm³/mol. The van der Waals surface area contributed by atoms with Gasteiger partial charge in [0.2, 0.25) is 0 Å². The molecule has 0 saturated heterocycles. The van der Waals surface area contributed by atoms with Gasteiger partial charge >= 0.3 is 0 Å². The van der Waals surface area contributed by atoms with Crippen LogP contribution in [0.25, 0.3) is 0 Å². The lowest BCUT2D eigenvalue weighted by Gasteiger charge is -2.37. The van der Waals surface area contributed by atoms with Gasteiger partial charge in [-0.3, -0.25) is 4.68 Å². The Balaban J connectivity index is 2.00. The number of aryl methyl sites for hydroxylation is 1. The number of aromatic nitrogens is 3. The van der Waals surface area contributed by atoms with Crippen molar-refractivity contribution in [1.29, 1.82) is 0 Å². The van der Waals surface area contributed by atoms with Crippen LogP contribution in [-0.2, 0) is 7.05 Å². The molecule has 2 unspecified atom stereocenters. The molecule has 0 amide bonds. The summed E-state index contributed by atoms with van der Waals surface area (Å²) in [6.45, 7) is 5.48. The van der Waals surface area contributed by atoms with Crippen molar-refractivity contribution in [1.82, 2.24) is 20.3 Å². The first-order valence-electron chi connectivity index (χ1n) is 5.88.